The predicted molar refractivity (Wildman–Crippen MR) is 64.5 cm³/mol. The number of rotatable bonds is 2. The highest BCUT2D eigenvalue weighted by molar-refractivity contribution is 5.84. The summed E-state index contributed by atoms with van der Waals surface area (Å²) < 4.78 is 0. The van der Waals surface area contributed by atoms with Gasteiger partial charge >= 0.3 is 0 Å². The average molecular weight is 215 g/mol. The van der Waals surface area contributed by atoms with Crippen molar-refractivity contribution < 1.29 is 0 Å². The molecule has 0 bridgehead atoms. The number of anilines is 1. The molecular formula is C11H13N5. The molecule has 0 fully saturated rings. The molecule has 2 aromatic rings. The van der Waals surface area contributed by atoms with E-state index in [0.717, 1.165) is 29.8 Å². The number of hydrogen-bond acceptors (Lipinski definition) is 4. The lowest BCUT2D eigenvalue weighted by Gasteiger charge is -2.18. The molecule has 0 spiro atoms. The van der Waals surface area contributed by atoms with Gasteiger partial charge in [-0.15, -0.1) is 0 Å². The normalized spacial score (nSPS) is 14.9. The van der Waals surface area contributed by atoms with Crippen LogP contribution in [0.4, 0.5) is 5.69 Å². The third-order valence-electron chi connectivity index (χ3n) is 2.81. The summed E-state index contributed by atoms with van der Waals surface area (Å²) in [5, 5.41) is 1.99. The van der Waals surface area contributed by atoms with E-state index in [2.05, 4.69) is 27.3 Å². The third kappa shape index (κ3) is 1.41. The molecule has 1 aromatic carbocycles. The van der Waals surface area contributed by atoms with E-state index < -0.39 is 0 Å². The summed E-state index contributed by atoms with van der Waals surface area (Å²) in [4.78, 5) is 11.5. The first-order valence-electron chi connectivity index (χ1n) is 5.30. The smallest absolute Gasteiger partial charge is 0.104 e. The fraction of sp³-hybridized carbons (Fsp3) is 0.273. The lowest BCUT2D eigenvalue weighted by atomic mass is 10.1. The highest BCUT2D eigenvalue weighted by Crippen LogP contribution is 2.23. The number of aromatic amines is 1. The first-order valence-corrected chi connectivity index (χ1v) is 5.30. The second kappa shape index (κ2) is 3.52. The lowest BCUT2D eigenvalue weighted by molar-refractivity contribution is 0.557. The molecule has 0 saturated carbocycles. The summed E-state index contributed by atoms with van der Waals surface area (Å²) in [6.07, 6.45) is 3.55. The van der Waals surface area contributed by atoms with Gasteiger partial charge in [-0.05, 0) is 24.6 Å². The number of nitrogens with zero attached hydrogens (tertiary/aromatic N) is 3. The van der Waals surface area contributed by atoms with Gasteiger partial charge in [0.15, 0.2) is 0 Å². The average Bonchev–Trinajstić information content (AvgIpc) is 2.93. The number of aryl methyl sites for hydroxylation is 1. The Morgan fingerprint density at radius 3 is 3.19 bits per heavy atom. The molecule has 0 atom stereocenters. The Kier molecular flexibility index (Phi) is 2.02. The molecule has 3 rings (SSSR count). The molecule has 2 heterocycles. The number of imidazole rings is 1. The Morgan fingerprint density at radius 1 is 1.44 bits per heavy atom. The molecule has 5 heteroatoms. The molecule has 1 aromatic heterocycles. The highest BCUT2D eigenvalue weighted by atomic mass is 15.5. The fourth-order valence-corrected chi connectivity index (χ4v) is 1.89. The van der Waals surface area contributed by atoms with E-state index in [1.54, 1.807) is 6.33 Å². The number of hydrogen-bond donors (Lipinski definition) is 2. The first kappa shape index (κ1) is 9.21. The summed E-state index contributed by atoms with van der Waals surface area (Å²) in [5.41, 5.74) is 7.67. The van der Waals surface area contributed by atoms with Crippen LogP contribution in [-0.2, 0) is 0 Å². The van der Waals surface area contributed by atoms with E-state index in [1.165, 1.54) is 5.56 Å². The molecule has 1 aliphatic rings. The van der Waals surface area contributed by atoms with E-state index in [1.807, 2.05) is 23.5 Å². The van der Waals surface area contributed by atoms with Crippen LogP contribution in [0.5, 0.6) is 0 Å². The van der Waals surface area contributed by atoms with Crippen LogP contribution in [0.15, 0.2) is 23.5 Å². The summed E-state index contributed by atoms with van der Waals surface area (Å²) in [6, 6.07) is 4.05. The van der Waals surface area contributed by atoms with Crippen LogP contribution in [0.25, 0.3) is 11.0 Å². The molecule has 0 radical (unpaired) electrons. The van der Waals surface area contributed by atoms with Crippen LogP contribution < -0.4 is 5.43 Å². The van der Waals surface area contributed by atoms with E-state index in [9.17, 15) is 0 Å². The number of hydrazine groups is 1. The van der Waals surface area contributed by atoms with E-state index in [0.29, 0.717) is 0 Å². The van der Waals surface area contributed by atoms with Crippen LogP contribution in [0, 0.1) is 6.92 Å². The van der Waals surface area contributed by atoms with E-state index in [4.69, 9.17) is 0 Å². The molecule has 82 valence electrons. The zero-order valence-corrected chi connectivity index (χ0v) is 9.07. The molecule has 1 aliphatic heterocycles. The minimum Gasteiger partial charge on any atom is -0.344 e. The fourth-order valence-electron chi connectivity index (χ4n) is 1.89. The van der Waals surface area contributed by atoms with Gasteiger partial charge in [-0.1, -0.05) is 0 Å². The number of H-pyrrole nitrogens is 1. The van der Waals surface area contributed by atoms with Crippen LogP contribution in [0.1, 0.15) is 5.56 Å². The van der Waals surface area contributed by atoms with Gasteiger partial charge in [0.1, 0.15) is 6.34 Å². The minimum atomic E-state index is 0.859. The zero-order valence-electron chi connectivity index (χ0n) is 9.07. The SMILES string of the molecule is Cc1c(NN2C=NCC2)ccc2nc[nH]c12. The van der Waals surface area contributed by atoms with Gasteiger partial charge in [-0.25, -0.2) is 4.98 Å². The van der Waals surface area contributed by atoms with Crippen molar-refractivity contribution in [2.75, 3.05) is 18.5 Å². The Labute approximate surface area is 93.2 Å². The van der Waals surface area contributed by atoms with Gasteiger partial charge < -0.3 is 4.98 Å². The molecule has 0 unspecified atom stereocenters. The van der Waals surface area contributed by atoms with Gasteiger partial charge in [0.2, 0.25) is 0 Å². The number of aromatic nitrogens is 2. The van der Waals surface area contributed by atoms with Crippen LogP contribution in [0.3, 0.4) is 0 Å². The topological polar surface area (TPSA) is 56.3 Å². The standard InChI is InChI=1S/C11H13N5/c1-8-9(15-16-5-4-12-7-16)2-3-10-11(8)14-6-13-10/h2-3,6-7,15H,4-5H2,1H3,(H,13,14). The summed E-state index contributed by atoms with van der Waals surface area (Å²) >= 11 is 0. The Balaban J connectivity index is 1.96. The van der Waals surface area contributed by atoms with E-state index >= 15 is 0 Å². The second-order valence-corrected chi connectivity index (χ2v) is 3.86. The summed E-state index contributed by atoms with van der Waals surface area (Å²) in [7, 11) is 0. The van der Waals surface area contributed by atoms with Crippen molar-refractivity contribution >= 4 is 23.1 Å². The summed E-state index contributed by atoms with van der Waals surface area (Å²) in [6.45, 7) is 3.86. The lowest BCUT2D eigenvalue weighted by Crippen LogP contribution is -2.26. The van der Waals surface area contributed by atoms with Crippen molar-refractivity contribution in [2.24, 2.45) is 4.99 Å². The number of aliphatic imine (C=N–C) groups is 1. The number of fused-ring (bicyclic) bond motifs is 1. The molecule has 0 amide bonds. The molecule has 5 nitrogen and oxygen atoms in total. The first-order chi connectivity index (χ1) is 7.84. The maximum absolute atomic E-state index is 4.23. The van der Waals surface area contributed by atoms with Crippen molar-refractivity contribution in [1.82, 2.24) is 15.0 Å². The quantitative estimate of drug-likeness (QED) is 0.799. The molecule has 0 saturated heterocycles. The Morgan fingerprint density at radius 2 is 2.38 bits per heavy atom. The van der Waals surface area contributed by atoms with Crippen LogP contribution in [-0.4, -0.2) is 34.4 Å². The van der Waals surface area contributed by atoms with Crippen molar-refractivity contribution in [3.63, 3.8) is 0 Å². The second-order valence-electron chi connectivity index (χ2n) is 3.86. The van der Waals surface area contributed by atoms with Gasteiger partial charge in [0, 0.05) is 0 Å². The van der Waals surface area contributed by atoms with Crippen LogP contribution in [0.2, 0.25) is 0 Å². The predicted octanol–water partition coefficient (Wildman–Crippen LogP) is 1.54. The molecule has 2 N–H and O–H groups in total. The van der Waals surface area contributed by atoms with E-state index in [-0.39, 0.29) is 0 Å². The van der Waals surface area contributed by atoms with Gasteiger partial charge in [-0.3, -0.25) is 15.4 Å². The maximum atomic E-state index is 4.23. The van der Waals surface area contributed by atoms with Crippen molar-refractivity contribution in [3.8, 4) is 0 Å². The highest BCUT2D eigenvalue weighted by Gasteiger charge is 2.09. The minimum absolute atomic E-state index is 0.859. The Bertz CT molecular complexity index is 542. The largest absolute Gasteiger partial charge is 0.344 e. The maximum Gasteiger partial charge on any atom is 0.104 e. The van der Waals surface area contributed by atoms with Gasteiger partial charge in [-0.2, -0.15) is 0 Å². The van der Waals surface area contributed by atoms with Crippen molar-refractivity contribution in [3.05, 3.63) is 24.0 Å². The molecular weight excluding hydrogens is 202 g/mol. The number of benzene rings is 1. The van der Waals surface area contributed by atoms with Gasteiger partial charge in [0.05, 0.1) is 36.1 Å². The molecule has 16 heavy (non-hydrogen) atoms. The summed E-state index contributed by atoms with van der Waals surface area (Å²) in [5.74, 6) is 0. The van der Waals surface area contributed by atoms with Crippen molar-refractivity contribution in [1.29, 1.82) is 0 Å². The van der Waals surface area contributed by atoms with Crippen molar-refractivity contribution in [2.45, 2.75) is 6.92 Å². The third-order valence-corrected chi connectivity index (χ3v) is 2.81. The zero-order chi connectivity index (χ0) is 11.0. The number of nitrogens with one attached hydrogen (secondary N) is 2. The Hall–Kier alpha value is -2.04. The molecule has 0 aliphatic carbocycles. The van der Waals surface area contributed by atoms with Gasteiger partial charge in [0.25, 0.3) is 0 Å². The monoisotopic (exact) mass is 215 g/mol. The van der Waals surface area contributed by atoms with Crippen LogP contribution >= 0.6 is 0 Å².